The Hall–Kier alpha value is -2.20. The summed E-state index contributed by atoms with van der Waals surface area (Å²) in [4.78, 5) is 0. The third-order valence-electron chi connectivity index (χ3n) is 3.21. The molecule has 0 aliphatic rings. The van der Waals surface area contributed by atoms with Crippen molar-refractivity contribution in [1.29, 1.82) is 0 Å². The van der Waals surface area contributed by atoms with Crippen molar-refractivity contribution in [2.24, 2.45) is 0 Å². The Bertz CT molecular complexity index is 732. The predicted molar refractivity (Wildman–Crippen MR) is 71.2 cm³/mol. The van der Waals surface area contributed by atoms with E-state index in [9.17, 15) is 9.50 Å². The van der Waals surface area contributed by atoms with Crippen LogP contribution in [0.1, 0.15) is 11.3 Å². The summed E-state index contributed by atoms with van der Waals surface area (Å²) in [5, 5.41) is 13.8. The minimum atomic E-state index is -0.275. The van der Waals surface area contributed by atoms with Crippen LogP contribution < -0.4 is 0 Å². The Kier molecular flexibility index (Phi) is 2.80. The molecule has 0 aliphatic heterocycles. The van der Waals surface area contributed by atoms with Crippen LogP contribution in [0.25, 0.3) is 16.6 Å². The average Bonchev–Trinajstić information content (AvgIpc) is 2.80. The van der Waals surface area contributed by atoms with Crippen LogP contribution in [0.4, 0.5) is 4.39 Å². The van der Waals surface area contributed by atoms with E-state index in [1.165, 1.54) is 12.1 Å². The number of aromatic nitrogens is 2. The maximum atomic E-state index is 13.0. The first-order chi connectivity index (χ1) is 9.20. The van der Waals surface area contributed by atoms with Gasteiger partial charge in [0.15, 0.2) is 0 Å². The Labute approximate surface area is 109 Å². The second-order valence-electron chi connectivity index (χ2n) is 4.47. The molecule has 0 atom stereocenters. The number of pyridine rings is 1. The second kappa shape index (κ2) is 4.48. The van der Waals surface area contributed by atoms with Crippen molar-refractivity contribution < 1.29 is 9.50 Å². The summed E-state index contributed by atoms with van der Waals surface area (Å²) < 4.78 is 14.8. The fourth-order valence-corrected chi connectivity index (χ4v) is 2.35. The fourth-order valence-electron chi connectivity index (χ4n) is 2.35. The van der Waals surface area contributed by atoms with E-state index in [4.69, 9.17) is 0 Å². The fraction of sp³-hybridized carbons (Fsp3) is 0.133. The lowest BCUT2D eigenvalue weighted by atomic mass is 10.0. The van der Waals surface area contributed by atoms with E-state index in [1.807, 2.05) is 25.3 Å². The quantitative estimate of drug-likeness (QED) is 0.765. The van der Waals surface area contributed by atoms with Crippen molar-refractivity contribution in [2.45, 2.75) is 13.5 Å². The summed E-state index contributed by atoms with van der Waals surface area (Å²) in [6.07, 6.45) is 1.84. The van der Waals surface area contributed by atoms with Crippen LogP contribution in [-0.4, -0.2) is 14.7 Å². The molecule has 0 unspecified atom stereocenters. The lowest BCUT2D eigenvalue weighted by Gasteiger charge is -2.04. The third kappa shape index (κ3) is 1.90. The van der Waals surface area contributed by atoms with E-state index >= 15 is 0 Å². The van der Waals surface area contributed by atoms with Gasteiger partial charge in [0.25, 0.3) is 0 Å². The molecular formula is C15H13FN2O. The maximum absolute atomic E-state index is 13.0. The molecule has 96 valence electrons. The Morgan fingerprint density at radius 1 is 1.21 bits per heavy atom. The van der Waals surface area contributed by atoms with Gasteiger partial charge < -0.3 is 5.11 Å². The summed E-state index contributed by atoms with van der Waals surface area (Å²) in [6.45, 7) is 1.85. The molecule has 0 fully saturated rings. The number of benzene rings is 1. The molecule has 0 saturated heterocycles. The number of halogens is 1. The lowest BCUT2D eigenvalue weighted by molar-refractivity contribution is 0.277. The monoisotopic (exact) mass is 256 g/mol. The molecule has 2 aromatic heterocycles. The molecule has 1 N–H and O–H groups in total. The van der Waals surface area contributed by atoms with E-state index in [-0.39, 0.29) is 12.4 Å². The van der Waals surface area contributed by atoms with Crippen molar-refractivity contribution in [3.05, 3.63) is 59.7 Å². The van der Waals surface area contributed by atoms with Crippen LogP contribution in [0.5, 0.6) is 0 Å². The molecule has 0 spiro atoms. The largest absolute Gasteiger partial charge is 0.390 e. The molecule has 1 aromatic carbocycles. The summed E-state index contributed by atoms with van der Waals surface area (Å²) in [7, 11) is 0. The minimum absolute atomic E-state index is 0.145. The molecule has 4 heteroatoms. The number of hydrogen-bond donors (Lipinski definition) is 1. The number of rotatable bonds is 2. The number of aliphatic hydroxyl groups excluding tert-OH is 1. The zero-order valence-corrected chi connectivity index (χ0v) is 10.5. The van der Waals surface area contributed by atoms with Gasteiger partial charge in [-0.15, -0.1) is 0 Å². The Morgan fingerprint density at radius 3 is 2.63 bits per heavy atom. The molecule has 0 radical (unpaired) electrons. The second-order valence-corrected chi connectivity index (χ2v) is 4.47. The number of hydrogen-bond acceptors (Lipinski definition) is 2. The van der Waals surface area contributed by atoms with Crippen molar-refractivity contribution in [2.75, 3.05) is 0 Å². The van der Waals surface area contributed by atoms with Gasteiger partial charge in [-0.3, -0.25) is 0 Å². The number of fused-ring (bicyclic) bond motifs is 1. The first-order valence-corrected chi connectivity index (χ1v) is 6.04. The van der Waals surface area contributed by atoms with E-state index < -0.39 is 0 Å². The van der Waals surface area contributed by atoms with Gasteiger partial charge in [0.2, 0.25) is 0 Å². The van der Waals surface area contributed by atoms with Crippen LogP contribution in [0.15, 0.2) is 42.6 Å². The van der Waals surface area contributed by atoms with Gasteiger partial charge in [0.1, 0.15) is 5.82 Å². The Balaban J connectivity index is 2.35. The molecule has 2 heterocycles. The molecule has 19 heavy (non-hydrogen) atoms. The molecule has 0 saturated carbocycles. The average molecular weight is 256 g/mol. The topological polar surface area (TPSA) is 37.5 Å². The van der Waals surface area contributed by atoms with Gasteiger partial charge in [-0.1, -0.05) is 18.2 Å². The highest BCUT2D eigenvalue weighted by Gasteiger charge is 2.15. The van der Waals surface area contributed by atoms with Gasteiger partial charge in [-0.2, -0.15) is 5.10 Å². The molecule has 0 aliphatic carbocycles. The zero-order chi connectivity index (χ0) is 13.4. The van der Waals surface area contributed by atoms with Gasteiger partial charge in [0, 0.05) is 11.8 Å². The minimum Gasteiger partial charge on any atom is -0.390 e. The number of nitrogens with zero attached hydrogens (tertiary/aromatic N) is 2. The van der Waals surface area contributed by atoms with Crippen LogP contribution in [-0.2, 0) is 6.61 Å². The SMILES string of the molecule is Cc1cccn2nc(CO)c(-c3ccc(F)cc3)c12. The van der Waals surface area contributed by atoms with E-state index in [0.29, 0.717) is 5.69 Å². The van der Waals surface area contributed by atoms with Crippen LogP contribution in [0, 0.1) is 12.7 Å². The van der Waals surface area contributed by atoms with E-state index in [0.717, 1.165) is 22.2 Å². The highest BCUT2D eigenvalue weighted by Crippen LogP contribution is 2.30. The summed E-state index contributed by atoms with van der Waals surface area (Å²) in [5.41, 5.74) is 4.32. The highest BCUT2D eigenvalue weighted by atomic mass is 19.1. The highest BCUT2D eigenvalue weighted by molar-refractivity contribution is 5.84. The molecule has 0 amide bonds. The van der Waals surface area contributed by atoms with E-state index in [1.54, 1.807) is 16.6 Å². The predicted octanol–water partition coefficient (Wildman–Crippen LogP) is 2.94. The van der Waals surface area contributed by atoms with Crippen molar-refractivity contribution in [1.82, 2.24) is 9.61 Å². The summed E-state index contributed by atoms with van der Waals surface area (Å²) >= 11 is 0. The van der Waals surface area contributed by atoms with Gasteiger partial charge in [0.05, 0.1) is 17.8 Å². The van der Waals surface area contributed by atoms with Crippen LogP contribution in [0.2, 0.25) is 0 Å². The molecule has 3 rings (SSSR count). The summed E-state index contributed by atoms with van der Waals surface area (Å²) in [5.74, 6) is -0.275. The smallest absolute Gasteiger partial charge is 0.123 e. The number of aliphatic hydroxyl groups is 1. The lowest BCUT2D eigenvalue weighted by Crippen LogP contribution is -1.88. The van der Waals surface area contributed by atoms with Crippen LogP contribution in [0.3, 0.4) is 0 Å². The maximum Gasteiger partial charge on any atom is 0.123 e. The normalized spacial score (nSPS) is 11.1. The van der Waals surface area contributed by atoms with E-state index in [2.05, 4.69) is 5.10 Å². The molecular weight excluding hydrogens is 243 g/mol. The van der Waals surface area contributed by atoms with Crippen molar-refractivity contribution in [3.8, 4) is 11.1 Å². The molecule has 0 bridgehead atoms. The molecule has 3 nitrogen and oxygen atoms in total. The first kappa shape index (κ1) is 11.9. The van der Waals surface area contributed by atoms with Crippen molar-refractivity contribution >= 4 is 5.52 Å². The standard InChI is InChI=1S/C15H13FN2O/c1-10-3-2-8-18-15(10)14(13(9-19)17-18)11-4-6-12(16)7-5-11/h2-8,19H,9H2,1H3. The number of aryl methyl sites for hydroxylation is 1. The van der Waals surface area contributed by atoms with Gasteiger partial charge >= 0.3 is 0 Å². The Morgan fingerprint density at radius 2 is 1.95 bits per heavy atom. The first-order valence-electron chi connectivity index (χ1n) is 6.04. The zero-order valence-electron chi connectivity index (χ0n) is 10.5. The van der Waals surface area contributed by atoms with Crippen LogP contribution >= 0.6 is 0 Å². The van der Waals surface area contributed by atoms with Gasteiger partial charge in [-0.25, -0.2) is 8.91 Å². The molecule has 3 aromatic rings. The van der Waals surface area contributed by atoms with Crippen molar-refractivity contribution in [3.63, 3.8) is 0 Å². The summed E-state index contributed by atoms with van der Waals surface area (Å²) in [6, 6.07) is 10.1. The van der Waals surface area contributed by atoms with Gasteiger partial charge in [-0.05, 0) is 36.2 Å². The third-order valence-corrected chi connectivity index (χ3v) is 3.21.